The molecule has 110 valence electrons. The van der Waals surface area contributed by atoms with Crippen molar-refractivity contribution in [2.24, 2.45) is 23.2 Å². The first-order chi connectivity index (χ1) is 10.0. The molecule has 21 heavy (non-hydrogen) atoms. The highest BCUT2D eigenvalue weighted by Gasteiger charge is 2.52. The SMILES string of the molecule is CC1=C2C=C[C@@]3(C)C(=O)CCC3C2CC2CCC(=O)C=C12. The highest BCUT2D eigenvalue weighted by molar-refractivity contribution is 5.92. The summed E-state index contributed by atoms with van der Waals surface area (Å²) < 4.78 is 0. The summed E-state index contributed by atoms with van der Waals surface area (Å²) in [6.45, 7) is 4.30. The fourth-order valence-corrected chi connectivity index (χ4v) is 5.16. The molecule has 1 saturated carbocycles. The Balaban J connectivity index is 1.84. The lowest BCUT2D eigenvalue weighted by atomic mass is 9.59. The Morgan fingerprint density at radius 3 is 2.81 bits per heavy atom. The lowest BCUT2D eigenvalue weighted by Gasteiger charge is -2.45. The fraction of sp³-hybridized carbons (Fsp3) is 0.579. The normalized spacial score (nSPS) is 41.6. The monoisotopic (exact) mass is 282 g/mol. The van der Waals surface area contributed by atoms with Gasteiger partial charge in [-0.1, -0.05) is 12.2 Å². The van der Waals surface area contributed by atoms with E-state index in [4.69, 9.17) is 0 Å². The van der Waals surface area contributed by atoms with Gasteiger partial charge in [0.25, 0.3) is 0 Å². The van der Waals surface area contributed by atoms with Crippen molar-refractivity contribution >= 4 is 11.6 Å². The number of allylic oxidation sites excluding steroid dienone is 6. The van der Waals surface area contributed by atoms with Crippen molar-refractivity contribution in [3.8, 4) is 0 Å². The summed E-state index contributed by atoms with van der Waals surface area (Å²) in [5.41, 5.74) is 3.74. The van der Waals surface area contributed by atoms with E-state index in [1.165, 1.54) is 16.7 Å². The van der Waals surface area contributed by atoms with Crippen LogP contribution in [-0.4, -0.2) is 11.6 Å². The van der Waals surface area contributed by atoms with Gasteiger partial charge in [-0.05, 0) is 73.7 Å². The van der Waals surface area contributed by atoms with Gasteiger partial charge in [-0.15, -0.1) is 0 Å². The zero-order valence-corrected chi connectivity index (χ0v) is 12.8. The van der Waals surface area contributed by atoms with E-state index in [2.05, 4.69) is 26.0 Å². The minimum absolute atomic E-state index is 0.236. The fourth-order valence-electron chi connectivity index (χ4n) is 5.16. The molecule has 1 fully saturated rings. The summed E-state index contributed by atoms with van der Waals surface area (Å²) in [6.07, 6.45) is 10.8. The number of rotatable bonds is 0. The molecule has 4 atom stereocenters. The van der Waals surface area contributed by atoms with Crippen molar-refractivity contribution in [3.63, 3.8) is 0 Å². The molecule has 0 aromatic rings. The highest BCUT2D eigenvalue weighted by Crippen LogP contribution is 2.56. The lowest BCUT2D eigenvalue weighted by Crippen LogP contribution is -2.39. The Labute approximate surface area is 126 Å². The molecule has 0 N–H and O–H groups in total. The minimum atomic E-state index is -0.236. The third-order valence-corrected chi connectivity index (χ3v) is 6.45. The molecule has 0 amide bonds. The van der Waals surface area contributed by atoms with Gasteiger partial charge in [0.1, 0.15) is 5.78 Å². The van der Waals surface area contributed by atoms with Gasteiger partial charge in [0.2, 0.25) is 0 Å². The van der Waals surface area contributed by atoms with Gasteiger partial charge < -0.3 is 0 Å². The zero-order valence-electron chi connectivity index (χ0n) is 12.8. The van der Waals surface area contributed by atoms with Crippen LogP contribution in [0.4, 0.5) is 0 Å². The van der Waals surface area contributed by atoms with Crippen LogP contribution < -0.4 is 0 Å². The largest absolute Gasteiger partial charge is 0.299 e. The molecule has 0 aromatic carbocycles. The lowest BCUT2D eigenvalue weighted by molar-refractivity contribution is -0.124. The van der Waals surface area contributed by atoms with Crippen molar-refractivity contribution in [2.75, 3.05) is 0 Å². The molecule has 4 rings (SSSR count). The van der Waals surface area contributed by atoms with E-state index in [1.54, 1.807) is 0 Å². The number of hydrogen-bond donors (Lipinski definition) is 0. The van der Waals surface area contributed by atoms with Crippen LogP contribution >= 0.6 is 0 Å². The van der Waals surface area contributed by atoms with Gasteiger partial charge in [-0.3, -0.25) is 9.59 Å². The highest BCUT2D eigenvalue weighted by atomic mass is 16.1. The molecule has 0 bridgehead atoms. The zero-order chi connectivity index (χ0) is 14.8. The molecule has 0 saturated heterocycles. The molecule has 0 aromatic heterocycles. The maximum absolute atomic E-state index is 12.3. The quantitative estimate of drug-likeness (QED) is 0.677. The van der Waals surface area contributed by atoms with Crippen molar-refractivity contribution in [2.45, 2.75) is 46.0 Å². The molecule has 4 aliphatic rings. The Morgan fingerprint density at radius 2 is 2.00 bits per heavy atom. The van der Waals surface area contributed by atoms with Crippen molar-refractivity contribution < 1.29 is 9.59 Å². The number of fused-ring (bicyclic) bond motifs is 4. The van der Waals surface area contributed by atoms with Gasteiger partial charge in [0, 0.05) is 18.3 Å². The van der Waals surface area contributed by atoms with E-state index in [0.29, 0.717) is 30.0 Å². The Kier molecular flexibility index (Phi) is 2.70. The van der Waals surface area contributed by atoms with Crippen molar-refractivity contribution in [1.82, 2.24) is 0 Å². The number of carbonyl (C=O) groups excluding carboxylic acids is 2. The predicted molar refractivity (Wildman–Crippen MR) is 81.6 cm³/mol. The van der Waals surface area contributed by atoms with Crippen LogP contribution in [0, 0.1) is 23.2 Å². The van der Waals surface area contributed by atoms with Gasteiger partial charge >= 0.3 is 0 Å². The average Bonchev–Trinajstić information content (AvgIpc) is 2.76. The first-order valence-corrected chi connectivity index (χ1v) is 8.19. The van der Waals surface area contributed by atoms with Crippen molar-refractivity contribution in [1.29, 1.82) is 0 Å². The first-order valence-electron chi connectivity index (χ1n) is 8.19. The van der Waals surface area contributed by atoms with Gasteiger partial charge in [0.05, 0.1) is 0 Å². The molecule has 0 radical (unpaired) electrons. The predicted octanol–water partition coefficient (Wildman–Crippen LogP) is 3.78. The van der Waals surface area contributed by atoms with E-state index in [1.807, 2.05) is 6.08 Å². The maximum Gasteiger partial charge on any atom is 0.156 e. The van der Waals surface area contributed by atoms with Crippen LogP contribution in [0.1, 0.15) is 46.0 Å². The van der Waals surface area contributed by atoms with E-state index in [9.17, 15) is 9.59 Å². The smallest absolute Gasteiger partial charge is 0.156 e. The topological polar surface area (TPSA) is 34.1 Å². The van der Waals surface area contributed by atoms with Crippen LogP contribution in [0.2, 0.25) is 0 Å². The Morgan fingerprint density at radius 1 is 1.19 bits per heavy atom. The average molecular weight is 282 g/mol. The number of Topliss-reactive ketones (excluding diaryl/α,β-unsaturated/α-hetero) is 1. The van der Waals surface area contributed by atoms with Crippen LogP contribution in [0.5, 0.6) is 0 Å². The number of ketones is 2. The number of carbonyl (C=O) groups is 2. The van der Waals surface area contributed by atoms with E-state index < -0.39 is 0 Å². The second-order valence-corrected chi connectivity index (χ2v) is 7.41. The Bertz CT molecular complexity index is 634. The van der Waals surface area contributed by atoms with Gasteiger partial charge in [0.15, 0.2) is 5.78 Å². The third-order valence-electron chi connectivity index (χ3n) is 6.45. The van der Waals surface area contributed by atoms with E-state index in [0.717, 1.165) is 25.7 Å². The van der Waals surface area contributed by atoms with Gasteiger partial charge in [-0.25, -0.2) is 0 Å². The van der Waals surface area contributed by atoms with E-state index >= 15 is 0 Å². The van der Waals surface area contributed by atoms with Crippen LogP contribution in [0.15, 0.2) is 34.9 Å². The molecule has 2 nitrogen and oxygen atoms in total. The van der Waals surface area contributed by atoms with Crippen molar-refractivity contribution in [3.05, 3.63) is 34.9 Å². The van der Waals surface area contributed by atoms with E-state index in [-0.39, 0.29) is 11.2 Å². The molecule has 3 unspecified atom stereocenters. The van der Waals surface area contributed by atoms with Gasteiger partial charge in [-0.2, -0.15) is 0 Å². The summed E-state index contributed by atoms with van der Waals surface area (Å²) in [4.78, 5) is 24.0. The molecule has 0 spiro atoms. The second-order valence-electron chi connectivity index (χ2n) is 7.41. The molecule has 2 heteroatoms. The maximum atomic E-state index is 12.3. The summed E-state index contributed by atoms with van der Waals surface area (Å²) >= 11 is 0. The Hall–Kier alpha value is -1.44. The molecular weight excluding hydrogens is 260 g/mol. The summed E-state index contributed by atoms with van der Waals surface area (Å²) in [7, 11) is 0. The molecule has 0 aliphatic heterocycles. The summed E-state index contributed by atoms with van der Waals surface area (Å²) in [5, 5.41) is 0. The number of hydrogen-bond acceptors (Lipinski definition) is 2. The molecular formula is C19H22O2. The first kappa shape index (κ1) is 13.2. The molecule has 4 aliphatic carbocycles. The summed E-state index contributed by atoms with van der Waals surface area (Å²) in [5.74, 6) is 2.21. The van der Waals surface area contributed by atoms with Crippen LogP contribution in [0.3, 0.4) is 0 Å². The standard InChI is InChI=1S/C19H22O2/c1-11-14-7-8-19(2)17(5-6-18(19)21)16(14)9-12-3-4-13(20)10-15(11)12/h7-8,10,12,16-17H,3-6,9H2,1-2H3/t12?,16?,17?,19-/m1/s1. The van der Waals surface area contributed by atoms with Crippen LogP contribution in [0.25, 0.3) is 0 Å². The minimum Gasteiger partial charge on any atom is -0.299 e. The third kappa shape index (κ3) is 1.71. The molecule has 0 heterocycles. The summed E-state index contributed by atoms with van der Waals surface area (Å²) in [6, 6.07) is 0. The second kappa shape index (κ2) is 4.28. The van der Waals surface area contributed by atoms with Crippen LogP contribution in [-0.2, 0) is 9.59 Å².